The Bertz CT molecular complexity index is 976. The molecule has 1 fully saturated rings. The minimum atomic E-state index is -3.77. The maximum Gasteiger partial charge on any atom is 0.255 e. The van der Waals surface area contributed by atoms with E-state index >= 15 is 0 Å². The first-order valence-corrected chi connectivity index (χ1v) is 9.57. The molecule has 6 nitrogen and oxygen atoms in total. The van der Waals surface area contributed by atoms with Gasteiger partial charge in [0.25, 0.3) is 5.91 Å². The van der Waals surface area contributed by atoms with Gasteiger partial charge in [-0.2, -0.15) is 0 Å². The van der Waals surface area contributed by atoms with Gasteiger partial charge in [-0.25, -0.2) is 12.7 Å². The fourth-order valence-corrected chi connectivity index (χ4v) is 4.32. The summed E-state index contributed by atoms with van der Waals surface area (Å²) in [5.41, 5.74) is 0.528. The van der Waals surface area contributed by atoms with Crippen LogP contribution < -0.4 is 9.62 Å². The molecule has 0 aliphatic carbocycles. The lowest BCUT2D eigenvalue weighted by Crippen LogP contribution is -2.29. The van der Waals surface area contributed by atoms with E-state index in [1.54, 1.807) is 24.3 Å². The number of amides is 2. The highest BCUT2D eigenvalue weighted by Gasteiger charge is 2.37. The second kappa shape index (κ2) is 6.67. The van der Waals surface area contributed by atoms with Crippen LogP contribution in [0.1, 0.15) is 16.8 Å². The van der Waals surface area contributed by atoms with Crippen LogP contribution >= 0.6 is 23.2 Å². The number of hydrogen-bond donors (Lipinski definition) is 1. The number of benzene rings is 2. The van der Waals surface area contributed by atoms with Crippen LogP contribution in [-0.4, -0.2) is 26.0 Å². The summed E-state index contributed by atoms with van der Waals surface area (Å²) in [5, 5.41) is 3.06. The molecule has 1 aliphatic heterocycles. The highest BCUT2D eigenvalue weighted by atomic mass is 35.5. The van der Waals surface area contributed by atoms with Crippen molar-refractivity contribution in [1.29, 1.82) is 0 Å². The van der Waals surface area contributed by atoms with E-state index in [4.69, 9.17) is 23.2 Å². The Morgan fingerprint density at radius 3 is 2.44 bits per heavy atom. The van der Waals surface area contributed by atoms with Crippen LogP contribution in [0.5, 0.6) is 0 Å². The molecule has 1 N–H and O–H groups in total. The lowest BCUT2D eigenvalue weighted by atomic mass is 10.1. The highest BCUT2D eigenvalue weighted by molar-refractivity contribution is 7.94. The number of rotatable bonds is 3. The summed E-state index contributed by atoms with van der Waals surface area (Å²) in [6.45, 7) is 0. The second-order valence-electron chi connectivity index (χ2n) is 5.32. The Labute approximate surface area is 154 Å². The summed E-state index contributed by atoms with van der Waals surface area (Å²) in [6, 6.07) is 10.8. The smallest absolute Gasteiger partial charge is 0.255 e. The predicted molar refractivity (Wildman–Crippen MR) is 96.7 cm³/mol. The third-order valence-corrected chi connectivity index (χ3v) is 5.95. The summed E-state index contributed by atoms with van der Waals surface area (Å²) in [6.07, 6.45) is -0.116. The van der Waals surface area contributed by atoms with Gasteiger partial charge >= 0.3 is 0 Å². The molecule has 1 aliphatic rings. The SMILES string of the molecule is O=C(Nc1ccccc1Cl)c1ccc(Cl)c(N2C(=O)CCS2(=O)=O)c1. The molecule has 0 aromatic heterocycles. The topological polar surface area (TPSA) is 83.6 Å². The Balaban J connectivity index is 1.96. The summed E-state index contributed by atoms with van der Waals surface area (Å²) in [7, 11) is -3.77. The van der Waals surface area contributed by atoms with Crippen molar-refractivity contribution in [3.8, 4) is 0 Å². The van der Waals surface area contributed by atoms with Crippen LogP contribution in [0.2, 0.25) is 10.0 Å². The van der Waals surface area contributed by atoms with Crippen molar-refractivity contribution >= 4 is 56.4 Å². The molecule has 0 radical (unpaired) electrons. The summed E-state index contributed by atoms with van der Waals surface area (Å²) >= 11 is 12.1. The minimum Gasteiger partial charge on any atom is -0.321 e. The van der Waals surface area contributed by atoms with Crippen LogP contribution in [0.15, 0.2) is 42.5 Å². The van der Waals surface area contributed by atoms with Crippen LogP contribution in [0.4, 0.5) is 11.4 Å². The van der Waals surface area contributed by atoms with E-state index in [-0.39, 0.29) is 28.4 Å². The van der Waals surface area contributed by atoms with Crippen molar-refractivity contribution in [2.75, 3.05) is 15.4 Å². The maximum absolute atomic E-state index is 12.4. The van der Waals surface area contributed by atoms with E-state index in [2.05, 4.69) is 5.32 Å². The molecule has 2 aromatic rings. The van der Waals surface area contributed by atoms with Crippen molar-refractivity contribution in [2.45, 2.75) is 6.42 Å². The molecule has 0 spiro atoms. The molecule has 0 atom stereocenters. The standard InChI is InChI=1S/C16H12Cl2N2O4S/c17-11-3-1-2-4-13(11)19-16(22)10-5-6-12(18)14(9-10)20-15(21)7-8-25(20,23)24/h1-6,9H,7-8H2,(H,19,22). The number of nitrogens with zero attached hydrogens (tertiary/aromatic N) is 1. The van der Waals surface area contributed by atoms with Crippen LogP contribution in [0.25, 0.3) is 0 Å². The van der Waals surface area contributed by atoms with Crippen molar-refractivity contribution < 1.29 is 18.0 Å². The lowest BCUT2D eigenvalue weighted by molar-refractivity contribution is -0.116. The fourth-order valence-electron chi connectivity index (χ4n) is 2.42. The van der Waals surface area contributed by atoms with E-state index in [1.165, 1.54) is 18.2 Å². The zero-order valence-corrected chi connectivity index (χ0v) is 15.0. The average Bonchev–Trinajstić information content (AvgIpc) is 2.83. The first-order valence-electron chi connectivity index (χ1n) is 7.21. The molecule has 0 bridgehead atoms. The number of anilines is 2. The zero-order chi connectivity index (χ0) is 18.2. The van der Waals surface area contributed by atoms with E-state index in [9.17, 15) is 18.0 Å². The molecule has 0 unspecified atom stereocenters. The molecular weight excluding hydrogens is 387 g/mol. The normalized spacial score (nSPS) is 16.1. The number of para-hydroxylation sites is 1. The number of halogens is 2. The quantitative estimate of drug-likeness (QED) is 0.859. The van der Waals surface area contributed by atoms with Gasteiger partial charge in [-0.1, -0.05) is 35.3 Å². The van der Waals surface area contributed by atoms with E-state index in [1.807, 2.05) is 0 Å². The number of carbonyl (C=O) groups excluding carboxylic acids is 2. The van der Waals surface area contributed by atoms with Crippen LogP contribution in [0, 0.1) is 0 Å². The predicted octanol–water partition coefficient (Wildman–Crippen LogP) is 3.31. The first-order chi connectivity index (χ1) is 11.8. The zero-order valence-electron chi connectivity index (χ0n) is 12.7. The van der Waals surface area contributed by atoms with Crippen LogP contribution in [-0.2, 0) is 14.8 Å². The Hall–Kier alpha value is -2.09. The molecular formula is C16H12Cl2N2O4S. The molecule has 2 aromatic carbocycles. The lowest BCUT2D eigenvalue weighted by Gasteiger charge is -2.17. The van der Waals surface area contributed by atoms with Gasteiger partial charge in [0.05, 0.1) is 27.2 Å². The summed E-state index contributed by atoms with van der Waals surface area (Å²) in [5.74, 6) is -1.36. The average molecular weight is 399 g/mol. The van der Waals surface area contributed by atoms with Gasteiger partial charge in [0, 0.05) is 12.0 Å². The molecule has 2 amide bonds. The van der Waals surface area contributed by atoms with Gasteiger partial charge in [-0.15, -0.1) is 0 Å². The van der Waals surface area contributed by atoms with Crippen molar-refractivity contribution in [2.24, 2.45) is 0 Å². The highest BCUT2D eigenvalue weighted by Crippen LogP contribution is 2.33. The van der Waals surface area contributed by atoms with E-state index in [0.717, 1.165) is 0 Å². The Morgan fingerprint density at radius 1 is 1.08 bits per heavy atom. The summed E-state index contributed by atoms with van der Waals surface area (Å²) in [4.78, 5) is 24.4. The van der Waals surface area contributed by atoms with Crippen molar-refractivity contribution in [1.82, 2.24) is 0 Å². The largest absolute Gasteiger partial charge is 0.321 e. The number of carbonyl (C=O) groups is 2. The van der Waals surface area contributed by atoms with Crippen molar-refractivity contribution in [3.05, 3.63) is 58.1 Å². The Morgan fingerprint density at radius 2 is 1.80 bits per heavy atom. The fraction of sp³-hybridized carbons (Fsp3) is 0.125. The number of nitrogens with one attached hydrogen (secondary N) is 1. The molecule has 1 heterocycles. The number of hydrogen-bond acceptors (Lipinski definition) is 4. The van der Waals surface area contributed by atoms with Gasteiger partial charge in [-0.05, 0) is 30.3 Å². The maximum atomic E-state index is 12.4. The molecule has 25 heavy (non-hydrogen) atoms. The monoisotopic (exact) mass is 398 g/mol. The third-order valence-electron chi connectivity index (χ3n) is 3.63. The van der Waals surface area contributed by atoms with Gasteiger partial charge in [-0.3, -0.25) is 9.59 Å². The second-order valence-corrected chi connectivity index (χ2v) is 8.08. The van der Waals surface area contributed by atoms with Gasteiger partial charge < -0.3 is 5.32 Å². The molecule has 3 rings (SSSR count). The molecule has 130 valence electrons. The van der Waals surface area contributed by atoms with Crippen LogP contribution in [0.3, 0.4) is 0 Å². The molecule has 9 heteroatoms. The first kappa shape index (κ1) is 17.7. The number of sulfonamides is 1. The molecule has 0 saturated carbocycles. The van der Waals surface area contributed by atoms with Gasteiger partial charge in [0.2, 0.25) is 15.9 Å². The molecule has 1 saturated heterocycles. The van der Waals surface area contributed by atoms with Crippen molar-refractivity contribution in [3.63, 3.8) is 0 Å². The Kier molecular flexibility index (Phi) is 4.73. The van der Waals surface area contributed by atoms with E-state index < -0.39 is 21.8 Å². The van der Waals surface area contributed by atoms with Gasteiger partial charge in [0.15, 0.2) is 0 Å². The summed E-state index contributed by atoms with van der Waals surface area (Å²) < 4.78 is 24.8. The van der Waals surface area contributed by atoms with Gasteiger partial charge in [0.1, 0.15) is 0 Å². The van der Waals surface area contributed by atoms with E-state index in [0.29, 0.717) is 15.0 Å². The minimum absolute atomic E-state index is 0.0315. The third kappa shape index (κ3) is 3.49.